The van der Waals surface area contributed by atoms with Crippen LogP contribution in [0.25, 0.3) is 22.3 Å². The minimum absolute atomic E-state index is 0.139. The van der Waals surface area contributed by atoms with Crippen LogP contribution in [0.5, 0.6) is 11.5 Å². The van der Waals surface area contributed by atoms with Gasteiger partial charge in [0.15, 0.2) is 16.9 Å². The molecule has 1 N–H and O–H groups in total. The number of piperazine rings is 1. The van der Waals surface area contributed by atoms with E-state index in [1.165, 1.54) is 32.4 Å². The van der Waals surface area contributed by atoms with E-state index in [4.69, 9.17) is 13.9 Å². The van der Waals surface area contributed by atoms with Gasteiger partial charge in [0.1, 0.15) is 17.2 Å². The fraction of sp³-hybridized carbons (Fsp3) is 0.348. The van der Waals surface area contributed by atoms with E-state index >= 15 is 0 Å². The summed E-state index contributed by atoms with van der Waals surface area (Å²) in [7, 11) is 2.90. The van der Waals surface area contributed by atoms with E-state index in [0.717, 1.165) is 18.8 Å². The van der Waals surface area contributed by atoms with Crippen LogP contribution in [0.2, 0.25) is 0 Å². The first-order chi connectivity index (χ1) is 14.4. The lowest BCUT2D eigenvalue weighted by Gasteiger charge is -2.37. The Morgan fingerprint density at radius 1 is 1.03 bits per heavy atom. The quantitative estimate of drug-likeness (QED) is 0.703. The highest BCUT2D eigenvalue weighted by atomic mass is 19.1. The molecular weight excluding hydrogens is 387 g/mol. The highest BCUT2D eigenvalue weighted by Gasteiger charge is 2.22. The number of nitrogens with one attached hydrogen (secondary N) is 1. The molecule has 0 unspecified atom stereocenters. The Morgan fingerprint density at radius 3 is 2.37 bits per heavy atom. The lowest BCUT2D eigenvalue weighted by molar-refractivity contribution is 0.352. The van der Waals surface area contributed by atoms with Gasteiger partial charge in [-0.2, -0.15) is 0 Å². The van der Waals surface area contributed by atoms with Crippen molar-refractivity contribution in [3.05, 3.63) is 52.4 Å². The van der Waals surface area contributed by atoms with Gasteiger partial charge in [0.05, 0.1) is 25.2 Å². The smallest absolute Gasteiger partial charge is 0.193 e. The molecule has 6 nitrogen and oxygen atoms in total. The third-order valence-corrected chi connectivity index (χ3v) is 5.37. The molecule has 0 saturated carbocycles. The number of rotatable bonds is 4. The maximum absolute atomic E-state index is 14.6. The fourth-order valence-corrected chi connectivity index (χ4v) is 4.05. The van der Waals surface area contributed by atoms with Crippen molar-refractivity contribution in [1.82, 2.24) is 5.32 Å². The van der Waals surface area contributed by atoms with Crippen molar-refractivity contribution in [3.8, 4) is 22.8 Å². The zero-order valence-corrected chi connectivity index (χ0v) is 17.5. The molecular formula is C23H25FN2O4. The Labute approximate surface area is 174 Å². The maximum Gasteiger partial charge on any atom is 0.193 e. The van der Waals surface area contributed by atoms with E-state index in [2.05, 4.69) is 24.1 Å². The molecule has 3 aromatic rings. The number of methoxy groups -OCH3 is 2. The Bertz CT molecular complexity index is 1130. The monoisotopic (exact) mass is 412 g/mol. The van der Waals surface area contributed by atoms with Crippen LogP contribution in [0, 0.1) is 5.82 Å². The van der Waals surface area contributed by atoms with Crippen LogP contribution in [0.15, 0.2) is 45.6 Å². The molecule has 7 heteroatoms. The summed E-state index contributed by atoms with van der Waals surface area (Å²) in [4.78, 5) is 15.1. The van der Waals surface area contributed by atoms with Crippen LogP contribution in [0.4, 0.5) is 10.1 Å². The first kappa shape index (κ1) is 20.2. The summed E-state index contributed by atoms with van der Waals surface area (Å²) < 4.78 is 30.9. The van der Waals surface area contributed by atoms with Crippen molar-refractivity contribution >= 4 is 16.7 Å². The van der Waals surface area contributed by atoms with E-state index < -0.39 is 5.82 Å². The molecule has 1 aromatic heterocycles. The summed E-state index contributed by atoms with van der Waals surface area (Å²) in [5, 5.41) is 3.97. The van der Waals surface area contributed by atoms with Gasteiger partial charge in [0.25, 0.3) is 0 Å². The van der Waals surface area contributed by atoms with E-state index in [0.29, 0.717) is 28.8 Å². The van der Waals surface area contributed by atoms with Gasteiger partial charge in [0.2, 0.25) is 0 Å². The van der Waals surface area contributed by atoms with Gasteiger partial charge in [-0.25, -0.2) is 4.39 Å². The third kappa shape index (κ3) is 3.73. The molecule has 1 saturated heterocycles. The highest BCUT2D eigenvalue weighted by molar-refractivity contribution is 5.83. The molecule has 1 fully saturated rings. The van der Waals surface area contributed by atoms with E-state index in [1.807, 2.05) is 12.1 Å². The minimum Gasteiger partial charge on any atom is -0.493 e. The van der Waals surface area contributed by atoms with Crippen LogP contribution < -0.4 is 25.1 Å². The van der Waals surface area contributed by atoms with Gasteiger partial charge in [-0.3, -0.25) is 4.79 Å². The molecule has 0 spiro atoms. The standard InChI is InChI=1S/C23H25FN2O4/c1-13-11-26(12-14(2)25-13)15-5-6-20-17(7-15)19(27)10-21(30-20)16-8-22(28-3)23(29-4)9-18(16)24/h5-10,13-14,25H,11-12H2,1-4H3/t13-,14+. The number of halogens is 1. The van der Waals surface area contributed by atoms with Gasteiger partial charge < -0.3 is 24.1 Å². The second-order valence-electron chi connectivity index (χ2n) is 7.72. The Kier molecular flexibility index (Phi) is 5.39. The summed E-state index contributed by atoms with van der Waals surface area (Å²) in [5.74, 6) is 0.207. The number of hydrogen-bond donors (Lipinski definition) is 1. The van der Waals surface area contributed by atoms with Crippen LogP contribution in [0.1, 0.15) is 13.8 Å². The van der Waals surface area contributed by atoms with E-state index in [9.17, 15) is 9.18 Å². The molecule has 0 radical (unpaired) electrons. The van der Waals surface area contributed by atoms with Crippen molar-refractivity contribution < 1.29 is 18.3 Å². The zero-order chi connectivity index (χ0) is 21.4. The molecule has 1 aliphatic rings. The van der Waals surface area contributed by atoms with Crippen molar-refractivity contribution in [1.29, 1.82) is 0 Å². The maximum atomic E-state index is 14.6. The molecule has 0 amide bonds. The average Bonchev–Trinajstić information content (AvgIpc) is 2.72. The highest BCUT2D eigenvalue weighted by Crippen LogP contribution is 2.35. The Morgan fingerprint density at radius 2 is 1.70 bits per heavy atom. The first-order valence-corrected chi connectivity index (χ1v) is 9.90. The lowest BCUT2D eigenvalue weighted by atomic mass is 10.1. The van der Waals surface area contributed by atoms with Crippen LogP contribution >= 0.6 is 0 Å². The largest absolute Gasteiger partial charge is 0.493 e. The zero-order valence-electron chi connectivity index (χ0n) is 17.5. The SMILES string of the molecule is COc1cc(F)c(-c2cc(=O)c3cc(N4C[C@@H](C)N[C@@H](C)C4)ccc3o2)cc1OC. The summed E-state index contributed by atoms with van der Waals surface area (Å²) in [6.45, 7) is 6.00. The predicted octanol–water partition coefficient (Wildman–Crippen LogP) is 3.80. The Hall–Kier alpha value is -3.06. The molecule has 2 atom stereocenters. The fourth-order valence-electron chi connectivity index (χ4n) is 4.05. The number of benzene rings is 2. The summed E-state index contributed by atoms with van der Waals surface area (Å²) >= 11 is 0. The van der Waals surface area contributed by atoms with Crippen molar-refractivity contribution in [2.24, 2.45) is 0 Å². The number of nitrogens with zero attached hydrogens (tertiary/aromatic N) is 1. The van der Waals surface area contributed by atoms with E-state index in [1.54, 1.807) is 6.07 Å². The van der Waals surface area contributed by atoms with E-state index in [-0.39, 0.29) is 22.5 Å². The summed E-state index contributed by atoms with van der Waals surface area (Å²) in [6.07, 6.45) is 0. The topological polar surface area (TPSA) is 63.9 Å². The molecule has 2 aromatic carbocycles. The summed E-state index contributed by atoms with van der Waals surface area (Å²) in [5.41, 5.74) is 1.30. The average molecular weight is 412 g/mol. The molecule has 0 bridgehead atoms. The number of hydrogen-bond acceptors (Lipinski definition) is 6. The molecule has 158 valence electrons. The lowest BCUT2D eigenvalue weighted by Crippen LogP contribution is -2.54. The van der Waals surface area contributed by atoms with Gasteiger partial charge in [-0.1, -0.05) is 0 Å². The summed E-state index contributed by atoms with van der Waals surface area (Å²) in [6, 6.07) is 10.3. The number of fused-ring (bicyclic) bond motifs is 1. The normalized spacial score (nSPS) is 19.2. The minimum atomic E-state index is -0.560. The molecule has 4 rings (SSSR count). The van der Waals surface area contributed by atoms with Crippen LogP contribution in [-0.4, -0.2) is 39.4 Å². The Balaban J connectivity index is 1.76. The van der Waals surface area contributed by atoms with Crippen LogP contribution in [0.3, 0.4) is 0 Å². The van der Waals surface area contributed by atoms with Crippen molar-refractivity contribution in [2.75, 3.05) is 32.2 Å². The molecule has 0 aliphatic carbocycles. The van der Waals surface area contributed by atoms with Gasteiger partial charge in [-0.15, -0.1) is 0 Å². The van der Waals surface area contributed by atoms with Crippen molar-refractivity contribution in [3.63, 3.8) is 0 Å². The van der Waals surface area contributed by atoms with Gasteiger partial charge in [0, 0.05) is 43.0 Å². The second-order valence-corrected chi connectivity index (χ2v) is 7.72. The third-order valence-electron chi connectivity index (χ3n) is 5.37. The molecule has 1 aliphatic heterocycles. The van der Waals surface area contributed by atoms with Crippen molar-refractivity contribution in [2.45, 2.75) is 25.9 Å². The molecule has 30 heavy (non-hydrogen) atoms. The van der Waals surface area contributed by atoms with Crippen LogP contribution in [-0.2, 0) is 0 Å². The number of anilines is 1. The predicted molar refractivity (Wildman–Crippen MR) is 115 cm³/mol. The van der Waals surface area contributed by atoms with Gasteiger partial charge in [-0.05, 0) is 38.1 Å². The second kappa shape index (κ2) is 7.99. The number of ether oxygens (including phenoxy) is 2. The molecule has 2 heterocycles. The first-order valence-electron chi connectivity index (χ1n) is 9.90. The van der Waals surface area contributed by atoms with Gasteiger partial charge >= 0.3 is 0 Å².